The van der Waals surface area contributed by atoms with Crippen molar-refractivity contribution >= 4 is 0 Å². The Kier molecular flexibility index (Phi) is 1.69. The summed E-state index contributed by atoms with van der Waals surface area (Å²) in [5.41, 5.74) is 7.16. The molecule has 1 rings (SSSR count). The zero-order valence-electron chi connectivity index (χ0n) is 5.35. The van der Waals surface area contributed by atoms with E-state index in [1.165, 1.54) is 24.8 Å². The van der Waals surface area contributed by atoms with Gasteiger partial charge in [0.05, 0.1) is 0 Å². The molecular weight excluding hydrogens is 98.1 g/mol. The first kappa shape index (κ1) is 5.83. The summed E-state index contributed by atoms with van der Waals surface area (Å²) in [5, 5.41) is 0. The number of rotatable bonds is 1. The van der Waals surface area contributed by atoms with Crippen LogP contribution in [0.3, 0.4) is 0 Å². The van der Waals surface area contributed by atoms with Crippen molar-refractivity contribution < 1.29 is 0 Å². The number of hydrogen-bond acceptors (Lipinski definition) is 1. The van der Waals surface area contributed by atoms with Gasteiger partial charge in [-0.15, -0.1) is 0 Å². The van der Waals surface area contributed by atoms with Crippen molar-refractivity contribution in [2.24, 2.45) is 5.73 Å². The quantitative estimate of drug-likeness (QED) is 0.509. The minimum absolute atomic E-state index is 0.366. The summed E-state index contributed by atoms with van der Waals surface area (Å²) < 4.78 is 0. The standard InChI is InChI=1S/C7H13N/c1-2-6-3-4-7(8)5-6/h5,7H,2-4,8H2,1H3. The summed E-state index contributed by atoms with van der Waals surface area (Å²) >= 11 is 0. The summed E-state index contributed by atoms with van der Waals surface area (Å²) in [5.74, 6) is 0. The summed E-state index contributed by atoms with van der Waals surface area (Å²) in [6.45, 7) is 2.18. The van der Waals surface area contributed by atoms with Crippen LogP contribution in [-0.2, 0) is 0 Å². The Labute approximate surface area is 50.6 Å². The monoisotopic (exact) mass is 111 g/mol. The van der Waals surface area contributed by atoms with E-state index < -0.39 is 0 Å². The molecule has 1 aliphatic rings. The highest BCUT2D eigenvalue weighted by Gasteiger charge is 2.08. The molecule has 0 aromatic rings. The fraction of sp³-hybridized carbons (Fsp3) is 0.714. The van der Waals surface area contributed by atoms with Gasteiger partial charge in [-0.1, -0.05) is 18.6 Å². The molecule has 0 saturated carbocycles. The van der Waals surface area contributed by atoms with Gasteiger partial charge < -0.3 is 5.73 Å². The van der Waals surface area contributed by atoms with Crippen molar-refractivity contribution in [2.75, 3.05) is 0 Å². The third-order valence-corrected chi connectivity index (χ3v) is 1.70. The maximum absolute atomic E-state index is 5.62. The third-order valence-electron chi connectivity index (χ3n) is 1.70. The van der Waals surface area contributed by atoms with Gasteiger partial charge in [-0.25, -0.2) is 0 Å². The second-order valence-corrected chi connectivity index (χ2v) is 2.38. The molecule has 1 unspecified atom stereocenters. The van der Waals surface area contributed by atoms with Crippen molar-refractivity contribution in [3.05, 3.63) is 11.6 Å². The van der Waals surface area contributed by atoms with E-state index in [9.17, 15) is 0 Å². The molecule has 0 heterocycles. The van der Waals surface area contributed by atoms with E-state index in [2.05, 4.69) is 13.0 Å². The van der Waals surface area contributed by atoms with Gasteiger partial charge in [-0.2, -0.15) is 0 Å². The van der Waals surface area contributed by atoms with E-state index in [-0.39, 0.29) is 0 Å². The van der Waals surface area contributed by atoms with Gasteiger partial charge in [0, 0.05) is 6.04 Å². The van der Waals surface area contributed by atoms with Crippen LogP contribution in [0.25, 0.3) is 0 Å². The predicted molar refractivity (Wildman–Crippen MR) is 35.6 cm³/mol. The van der Waals surface area contributed by atoms with Gasteiger partial charge in [0.2, 0.25) is 0 Å². The summed E-state index contributed by atoms with van der Waals surface area (Å²) in [6.07, 6.45) is 5.79. The van der Waals surface area contributed by atoms with E-state index in [1.54, 1.807) is 0 Å². The van der Waals surface area contributed by atoms with Gasteiger partial charge in [-0.05, 0) is 19.3 Å². The molecule has 1 atom stereocenters. The van der Waals surface area contributed by atoms with E-state index >= 15 is 0 Å². The molecule has 0 radical (unpaired) electrons. The first-order valence-electron chi connectivity index (χ1n) is 3.28. The van der Waals surface area contributed by atoms with Gasteiger partial charge in [-0.3, -0.25) is 0 Å². The first-order valence-corrected chi connectivity index (χ1v) is 3.28. The lowest BCUT2D eigenvalue weighted by Crippen LogP contribution is -2.11. The summed E-state index contributed by atoms with van der Waals surface area (Å²) in [6, 6.07) is 0.366. The molecule has 0 bridgehead atoms. The topological polar surface area (TPSA) is 26.0 Å². The highest BCUT2D eigenvalue weighted by Crippen LogP contribution is 2.18. The van der Waals surface area contributed by atoms with E-state index in [4.69, 9.17) is 5.73 Å². The Morgan fingerprint density at radius 1 is 1.88 bits per heavy atom. The van der Waals surface area contributed by atoms with Crippen molar-refractivity contribution in [3.63, 3.8) is 0 Å². The Morgan fingerprint density at radius 3 is 2.88 bits per heavy atom. The van der Waals surface area contributed by atoms with Gasteiger partial charge in [0.25, 0.3) is 0 Å². The Hall–Kier alpha value is -0.300. The molecule has 0 amide bonds. The number of allylic oxidation sites excluding steroid dienone is 1. The van der Waals surface area contributed by atoms with Crippen LogP contribution in [0.15, 0.2) is 11.6 Å². The molecule has 1 aliphatic carbocycles. The maximum Gasteiger partial charge on any atom is 0.0229 e. The average Bonchev–Trinajstić information content (AvgIpc) is 2.14. The molecule has 1 nitrogen and oxygen atoms in total. The van der Waals surface area contributed by atoms with Crippen molar-refractivity contribution in [1.29, 1.82) is 0 Å². The highest BCUT2D eigenvalue weighted by molar-refractivity contribution is 5.12. The highest BCUT2D eigenvalue weighted by atomic mass is 14.6. The van der Waals surface area contributed by atoms with Crippen LogP contribution >= 0.6 is 0 Å². The second-order valence-electron chi connectivity index (χ2n) is 2.38. The number of hydrogen-bond donors (Lipinski definition) is 1. The van der Waals surface area contributed by atoms with Crippen LogP contribution in [0, 0.1) is 0 Å². The molecule has 0 fully saturated rings. The zero-order chi connectivity index (χ0) is 5.98. The van der Waals surface area contributed by atoms with Crippen molar-refractivity contribution in [3.8, 4) is 0 Å². The maximum atomic E-state index is 5.62. The average molecular weight is 111 g/mol. The van der Waals surface area contributed by atoms with Crippen molar-refractivity contribution in [1.82, 2.24) is 0 Å². The van der Waals surface area contributed by atoms with Gasteiger partial charge in [0.15, 0.2) is 0 Å². The minimum Gasteiger partial charge on any atom is -0.324 e. The van der Waals surface area contributed by atoms with Crippen LogP contribution in [0.5, 0.6) is 0 Å². The number of nitrogens with two attached hydrogens (primary N) is 1. The molecule has 0 saturated heterocycles. The molecular formula is C7H13N. The Morgan fingerprint density at radius 2 is 2.62 bits per heavy atom. The van der Waals surface area contributed by atoms with Gasteiger partial charge in [0.1, 0.15) is 0 Å². The largest absolute Gasteiger partial charge is 0.324 e. The van der Waals surface area contributed by atoms with Crippen LogP contribution in [0.4, 0.5) is 0 Å². The molecule has 0 aromatic heterocycles. The molecule has 0 aliphatic heterocycles. The molecule has 0 spiro atoms. The summed E-state index contributed by atoms with van der Waals surface area (Å²) in [4.78, 5) is 0. The van der Waals surface area contributed by atoms with E-state index in [0.717, 1.165) is 0 Å². The zero-order valence-corrected chi connectivity index (χ0v) is 5.35. The minimum atomic E-state index is 0.366. The fourth-order valence-electron chi connectivity index (χ4n) is 1.12. The van der Waals surface area contributed by atoms with Crippen LogP contribution < -0.4 is 5.73 Å². The lowest BCUT2D eigenvalue weighted by Gasteiger charge is -1.90. The van der Waals surface area contributed by atoms with Gasteiger partial charge >= 0.3 is 0 Å². The van der Waals surface area contributed by atoms with Crippen LogP contribution in [0.1, 0.15) is 26.2 Å². The van der Waals surface area contributed by atoms with Crippen molar-refractivity contribution in [2.45, 2.75) is 32.2 Å². The Bertz CT molecular complexity index is 105. The molecule has 8 heavy (non-hydrogen) atoms. The molecule has 46 valence electrons. The Balaban J connectivity index is 2.44. The molecule has 0 aromatic carbocycles. The lowest BCUT2D eigenvalue weighted by atomic mass is 10.2. The third kappa shape index (κ3) is 1.10. The van der Waals surface area contributed by atoms with Crippen LogP contribution in [-0.4, -0.2) is 6.04 Å². The smallest absolute Gasteiger partial charge is 0.0229 e. The summed E-state index contributed by atoms with van der Waals surface area (Å²) in [7, 11) is 0. The van der Waals surface area contributed by atoms with E-state index in [0.29, 0.717) is 6.04 Å². The van der Waals surface area contributed by atoms with E-state index in [1.807, 2.05) is 0 Å². The normalized spacial score (nSPS) is 28.2. The molecule has 1 heteroatoms. The lowest BCUT2D eigenvalue weighted by molar-refractivity contribution is 0.768. The first-order chi connectivity index (χ1) is 3.83. The SMILES string of the molecule is CCC1=CC(N)CC1. The predicted octanol–water partition coefficient (Wildman–Crippen LogP) is 1.44. The second kappa shape index (κ2) is 2.31. The van der Waals surface area contributed by atoms with Crippen LogP contribution in [0.2, 0.25) is 0 Å². The molecule has 2 N–H and O–H groups in total. The fourth-order valence-corrected chi connectivity index (χ4v) is 1.12.